The van der Waals surface area contributed by atoms with Crippen LogP contribution in [0.5, 0.6) is 11.5 Å². The van der Waals surface area contributed by atoms with Crippen LogP contribution in [-0.4, -0.2) is 38.2 Å². The minimum Gasteiger partial charge on any atom is -0.486 e. The van der Waals surface area contributed by atoms with E-state index >= 15 is 0 Å². The number of carbonyl (C=O) groups is 2. The van der Waals surface area contributed by atoms with Gasteiger partial charge in [0.2, 0.25) is 0 Å². The third-order valence-corrected chi connectivity index (χ3v) is 3.90. The Morgan fingerprint density at radius 1 is 0.962 bits per heavy atom. The molecule has 0 atom stereocenters. The summed E-state index contributed by atoms with van der Waals surface area (Å²) in [6.45, 7) is 1.23. The number of ether oxygens (including phenoxy) is 3. The Bertz CT molecular complexity index is 760. The zero-order valence-electron chi connectivity index (χ0n) is 14.4. The van der Waals surface area contributed by atoms with Crippen LogP contribution in [0.1, 0.15) is 11.1 Å². The van der Waals surface area contributed by atoms with E-state index in [1.807, 2.05) is 30.3 Å². The van der Waals surface area contributed by atoms with Crippen LogP contribution in [0.25, 0.3) is 0 Å². The summed E-state index contributed by atoms with van der Waals surface area (Å²) >= 11 is 0. The van der Waals surface area contributed by atoms with Crippen LogP contribution in [0.3, 0.4) is 0 Å². The van der Waals surface area contributed by atoms with Gasteiger partial charge in [-0.3, -0.25) is 9.59 Å². The molecule has 2 aromatic carbocycles. The smallest absolute Gasteiger partial charge is 0.310 e. The van der Waals surface area contributed by atoms with Gasteiger partial charge in [-0.05, 0) is 29.7 Å². The number of hydrogen-bond acceptors (Lipinski definition) is 5. The van der Waals surface area contributed by atoms with E-state index in [9.17, 15) is 9.59 Å². The van der Waals surface area contributed by atoms with Crippen molar-refractivity contribution in [1.82, 2.24) is 5.32 Å². The molecule has 3 rings (SSSR count). The van der Waals surface area contributed by atoms with Crippen LogP contribution in [-0.2, 0) is 27.2 Å². The van der Waals surface area contributed by atoms with E-state index in [1.54, 1.807) is 18.2 Å². The lowest BCUT2D eigenvalue weighted by Crippen LogP contribution is -2.30. The molecule has 0 aliphatic carbocycles. The third kappa shape index (κ3) is 5.24. The van der Waals surface area contributed by atoms with Crippen LogP contribution in [0.2, 0.25) is 0 Å². The molecule has 0 radical (unpaired) electrons. The summed E-state index contributed by atoms with van der Waals surface area (Å²) in [6.07, 6.45) is 0.811. The first kappa shape index (κ1) is 17.8. The van der Waals surface area contributed by atoms with Gasteiger partial charge in [0.1, 0.15) is 13.2 Å². The van der Waals surface area contributed by atoms with E-state index in [1.165, 1.54) is 0 Å². The summed E-state index contributed by atoms with van der Waals surface area (Å²) in [5, 5.41) is 2.74. The second kappa shape index (κ2) is 8.89. The van der Waals surface area contributed by atoms with Crippen LogP contribution in [0.15, 0.2) is 48.5 Å². The van der Waals surface area contributed by atoms with Gasteiger partial charge in [-0.1, -0.05) is 36.4 Å². The van der Waals surface area contributed by atoms with Crippen molar-refractivity contribution in [2.45, 2.75) is 12.8 Å². The zero-order chi connectivity index (χ0) is 18.2. The monoisotopic (exact) mass is 355 g/mol. The predicted octanol–water partition coefficient (Wildman–Crippen LogP) is 1.90. The maximum Gasteiger partial charge on any atom is 0.310 e. The van der Waals surface area contributed by atoms with E-state index in [4.69, 9.17) is 14.2 Å². The molecule has 1 amide bonds. The van der Waals surface area contributed by atoms with Gasteiger partial charge in [0.25, 0.3) is 5.91 Å². The molecule has 2 aromatic rings. The van der Waals surface area contributed by atoms with Gasteiger partial charge < -0.3 is 19.5 Å². The maximum atomic E-state index is 11.9. The average Bonchev–Trinajstić information content (AvgIpc) is 2.67. The molecule has 0 fully saturated rings. The lowest BCUT2D eigenvalue weighted by molar-refractivity contribution is -0.147. The number of nitrogens with one attached hydrogen (secondary N) is 1. The summed E-state index contributed by atoms with van der Waals surface area (Å²) < 4.78 is 16.0. The molecule has 0 unspecified atom stereocenters. The number of carbonyl (C=O) groups excluding carboxylic acids is 2. The SMILES string of the molecule is O=C(COC(=O)Cc1ccc2c(c1)OCCO2)NCCc1ccccc1. The molecule has 1 aliphatic heterocycles. The molecule has 6 nitrogen and oxygen atoms in total. The van der Waals surface area contributed by atoms with Crippen molar-refractivity contribution in [2.24, 2.45) is 0 Å². The van der Waals surface area contributed by atoms with E-state index in [-0.39, 0.29) is 18.9 Å². The van der Waals surface area contributed by atoms with Gasteiger partial charge in [0.05, 0.1) is 6.42 Å². The lowest BCUT2D eigenvalue weighted by atomic mass is 10.1. The van der Waals surface area contributed by atoms with Crippen LogP contribution < -0.4 is 14.8 Å². The van der Waals surface area contributed by atoms with Crippen LogP contribution in [0, 0.1) is 0 Å². The van der Waals surface area contributed by atoms with Gasteiger partial charge in [-0.2, -0.15) is 0 Å². The van der Waals surface area contributed by atoms with Gasteiger partial charge in [0.15, 0.2) is 18.1 Å². The Hall–Kier alpha value is -3.02. The number of fused-ring (bicyclic) bond motifs is 1. The molecule has 0 aromatic heterocycles. The fourth-order valence-electron chi connectivity index (χ4n) is 2.60. The van der Waals surface area contributed by atoms with Crippen molar-refractivity contribution in [3.63, 3.8) is 0 Å². The Labute approximate surface area is 152 Å². The Kier molecular flexibility index (Phi) is 6.09. The number of benzene rings is 2. The van der Waals surface area contributed by atoms with Crippen LogP contribution >= 0.6 is 0 Å². The highest BCUT2D eigenvalue weighted by Crippen LogP contribution is 2.30. The Balaban J connectivity index is 1.37. The second-order valence-corrected chi connectivity index (χ2v) is 5.90. The number of hydrogen-bond donors (Lipinski definition) is 1. The molecular weight excluding hydrogens is 334 g/mol. The molecule has 0 saturated carbocycles. The molecule has 1 N–H and O–H groups in total. The highest BCUT2D eigenvalue weighted by Gasteiger charge is 2.14. The summed E-state index contributed by atoms with van der Waals surface area (Å²) in [4.78, 5) is 23.7. The van der Waals surface area contributed by atoms with Gasteiger partial charge in [-0.15, -0.1) is 0 Å². The number of amides is 1. The molecule has 136 valence electrons. The minimum absolute atomic E-state index is 0.0773. The molecule has 1 heterocycles. The fraction of sp³-hybridized carbons (Fsp3) is 0.300. The normalized spacial score (nSPS) is 12.3. The average molecular weight is 355 g/mol. The second-order valence-electron chi connectivity index (χ2n) is 5.90. The summed E-state index contributed by atoms with van der Waals surface area (Å²) in [5.41, 5.74) is 1.90. The summed E-state index contributed by atoms with van der Waals surface area (Å²) in [6, 6.07) is 15.2. The largest absolute Gasteiger partial charge is 0.486 e. The molecule has 6 heteroatoms. The van der Waals surface area contributed by atoms with Crippen molar-refractivity contribution < 1.29 is 23.8 Å². The topological polar surface area (TPSA) is 73.9 Å². The molecular formula is C20H21NO5. The lowest BCUT2D eigenvalue weighted by Gasteiger charge is -2.18. The molecule has 0 saturated heterocycles. The molecule has 0 spiro atoms. The van der Waals surface area contributed by atoms with E-state index < -0.39 is 5.97 Å². The highest BCUT2D eigenvalue weighted by atomic mass is 16.6. The molecule has 0 bridgehead atoms. The number of rotatable bonds is 7. The summed E-state index contributed by atoms with van der Waals surface area (Å²) in [7, 11) is 0. The summed E-state index contributed by atoms with van der Waals surface area (Å²) in [5.74, 6) is 0.530. The van der Waals surface area contributed by atoms with Crippen LogP contribution in [0.4, 0.5) is 0 Å². The minimum atomic E-state index is -0.458. The third-order valence-electron chi connectivity index (χ3n) is 3.90. The van der Waals surface area contributed by atoms with Crippen molar-refractivity contribution in [2.75, 3.05) is 26.4 Å². The Morgan fingerprint density at radius 3 is 2.54 bits per heavy atom. The Morgan fingerprint density at radius 2 is 1.73 bits per heavy atom. The first-order valence-electron chi connectivity index (χ1n) is 8.55. The maximum absolute atomic E-state index is 11.9. The van der Waals surface area contributed by atoms with E-state index in [0.29, 0.717) is 31.3 Å². The quantitative estimate of drug-likeness (QED) is 0.768. The van der Waals surface area contributed by atoms with E-state index in [0.717, 1.165) is 17.5 Å². The van der Waals surface area contributed by atoms with Gasteiger partial charge in [0, 0.05) is 6.54 Å². The fourth-order valence-corrected chi connectivity index (χ4v) is 2.60. The highest BCUT2D eigenvalue weighted by molar-refractivity contribution is 5.81. The van der Waals surface area contributed by atoms with Crippen molar-refractivity contribution in [3.8, 4) is 11.5 Å². The zero-order valence-corrected chi connectivity index (χ0v) is 14.4. The van der Waals surface area contributed by atoms with E-state index in [2.05, 4.69) is 5.32 Å². The van der Waals surface area contributed by atoms with Crippen molar-refractivity contribution in [3.05, 3.63) is 59.7 Å². The molecule has 26 heavy (non-hydrogen) atoms. The van der Waals surface area contributed by atoms with Crippen molar-refractivity contribution >= 4 is 11.9 Å². The molecule has 1 aliphatic rings. The first-order chi connectivity index (χ1) is 12.7. The standard InChI is InChI=1S/C20H21NO5/c22-19(21-9-8-15-4-2-1-3-5-15)14-26-20(23)13-16-6-7-17-18(12-16)25-11-10-24-17/h1-7,12H,8-11,13-14H2,(H,21,22). The van der Waals surface area contributed by atoms with Gasteiger partial charge in [-0.25, -0.2) is 0 Å². The van der Waals surface area contributed by atoms with Crippen molar-refractivity contribution in [1.29, 1.82) is 0 Å². The number of esters is 1. The predicted molar refractivity (Wildman–Crippen MR) is 95.3 cm³/mol. The first-order valence-corrected chi connectivity index (χ1v) is 8.55. The van der Waals surface area contributed by atoms with Gasteiger partial charge >= 0.3 is 5.97 Å².